The van der Waals surface area contributed by atoms with Crippen LogP contribution < -0.4 is 0 Å². The molecule has 1 aliphatic carbocycles. The number of halogens is 3. The van der Waals surface area contributed by atoms with Gasteiger partial charge in [0.05, 0.1) is 0 Å². The Bertz CT molecular complexity index is 534. The fourth-order valence-electron chi connectivity index (χ4n) is 2.10. The molecule has 1 aliphatic rings. The van der Waals surface area contributed by atoms with Crippen molar-refractivity contribution in [2.75, 3.05) is 0 Å². The van der Waals surface area contributed by atoms with Gasteiger partial charge < -0.3 is 4.74 Å². The lowest BCUT2D eigenvalue weighted by Gasteiger charge is -2.16. The topological polar surface area (TPSA) is 26.3 Å². The summed E-state index contributed by atoms with van der Waals surface area (Å²) in [6, 6.07) is 7.14. The molecule has 0 N–H and O–H groups in total. The zero-order valence-corrected chi connectivity index (χ0v) is 12.8. The van der Waals surface area contributed by atoms with E-state index in [-0.39, 0.29) is 5.41 Å². The van der Waals surface area contributed by atoms with Crippen molar-refractivity contribution in [3.63, 3.8) is 0 Å². The van der Waals surface area contributed by atoms with E-state index in [0.717, 1.165) is 5.56 Å². The first-order chi connectivity index (χ1) is 8.76. The molecule has 1 unspecified atom stereocenters. The van der Waals surface area contributed by atoms with E-state index in [1.54, 1.807) is 18.2 Å². The second-order valence-electron chi connectivity index (χ2n) is 5.29. The van der Waals surface area contributed by atoms with Crippen LogP contribution in [0.3, 0.4) is 0 Å². The van der Waals surface area contributed by atoms with Crippen LogP contribution in [0.1, 0.15) is 25.8 Å². The molecular weight excluding hydrogens is 307 g/mol. The van der Waals surface area contributed by atoms with Crippen molar-refractivity contribution in [3.05, 3.63) is 40.9 Å². The Morgan fingerprint density at radius 2 is 1.79 bits per heavy atom. The van der Waals surface area contributed by atoms with Gasteiger partial charge in [0.25, 0.3) is 0 Å². The molecule has 0 radical (unpaired) electrons. The van der Waals surface area contributed by atoms with E-state index in [0.29, 0.717) is 16.5 Å². The molecule has 0 saturated heterocycles. The molecule has 102 valence electrons. The number of hydrogen-bond donors (Lipinski definition) is 0. The lowest BCUT2D eigenvalue weighted by Crippen LogP contribution is -2.20. The Hall–Kier alpha value is -0.700. The summed E-state index contributed by atoms with van der Waals surface area (Å²) in [6.45, 7) is 3.99. The third-order valence-electron chi connectivity index (χ3n) is 3.47. The van der Waals surface area contributed by atoms with E-state index >= 15 is 0 Å². The fourth-order valence-corrected chi connectivity index (χ4v) is 2.67. The van der Waals surface area contributed by atoms with Gasteiger partial charge in [-0.2, -0.15) is 0 Å². The predicted octanol–water partition coefficient (Wildman–Crippen LogP) is 5.46. The van der Waals surface area contributed by atoms with Crippen LogP contribution in [-0.2, 0) is 4.74 Å². The lowest BCUT2D eigenvalue weighted by atomic mass is 10.1. The molecular formula is C14H13Cl3O2. The highest BCUT2D eigenvalue weighted by Crippen LogP contribution is 2.60. The summed E-state index contributed by atoms with van der Waals surface area (Å²) < 4.78 is 5.22. The molecule has 1 fully saturated rings. The highest BCUT2D eigenvalue weighted by Gasteiger charge is 2.63. The summed E-state index contributed by atoms with van der Waals surface area (Å²) in [4.78, 5) is 11.0. The van der Waals surface area contributed by atoms with Crippen molar-refractivity contribution in [1.82, 2.24) is 0 Å². The van der Waals surface area contributed by atoms with E-state index in [1.807, 2.05) is 26.0 Å². The minimum atomic E-state index is -0.817. The minimum absolute atomic E-state index is 0.163. The highest BCUT2D eigenvalue weighted by atomic mass is 35.5. The number of ether oxygens (including phenoxy) is 1. The maximum absolute atomic E-state index is 11.0. The highest BCUT2D eigenvalue weighted by molar-refractivity contribution is 6.61. The summed E-state index contributed by atoms with van der Waals surface area (Å²) in [5.41, 5.74) is -0.881. The van der Waals surface area contributed by atoms with Gasteiger partial charge in [-0.05, 0) is 23.8 Å². The standard InChI is InChI=1S/C14H13Cl3O2/c1-13(2)8-14(13,19-12(17)18)7-11(16)9-3-5-10(15)6-4-9/h3-7H,8H2,1-2H3. The van der Waals surface area contributed by atoms with Crippen LogP contribution in [0.2, 0.25) is 5.02 Å². The van der Waals surface area contributed by atoms with Gasteiger partial charge in [0.2, 0.25) is 0 Å². The Labute approximate surface area is 127 Å². The molecule has 0 heterocycles. The van der Waals surface area contributed by atoms with Crippen molar-refractivity contribution in [3.8, 4) is 0 Å². The number of benzene rings is 1. The van der Waals surface area contributed by atoms with Gasteiger partial charge in [-0.1, -0.05) is 49.2 Å². The lowest BCUT2D eigenvalue weighted by molar-refractivity contribution is 0.111. The van der Waals surface area contributed by atoms with Crippen LogP contribution in [0.15, 0.2) is 30.3 Å². The largest absolute Gasteiger partial charge is 0.442 e. The van der Waals surface area contributed by atoms with Gasteiger partial charge in [0.1, 0.15) is 5.60 Å². The maximum Gasteiger partial charge on any atom is 0.404 e. The van der Waals surface area contributed by atoms with E-state index in [9.17, 15) is 4.79 Å². The zero-order chi connectivity index (χ0) is 14.3. The molecule has 2 rings (SSSR count). The van der Waals surface area contributed by atoms with Crippen LogP contribution >= 0.6 is 34.8 Å². The number of carbonyl (C=O) groups is 1. The Morgan fingerprint density at radius 1 is 1.26 bits per heavy atom. The maximum atomic E-state index is 11.0. The molecule has 2 nitrogen and oxygen atoms in total. The molecule has 0 bridgehead atoms. The van der Waals surface area contributed by atoms with Gasteiger partial charge in [-0.25, -0.2) is 4.79 Å². The molecule has 0 aliphatic heterocycles. The summed E-state index contributed by atoms with van der Waals surface area (Å²) >= 11 is 17.4. The van der Waals surface area contributed by atoms with E-state index in [4.69, 9.17) is 39.5 Å². The SMILES string of the molecule is CC1(C)CC1(C=C(Cl)c1ccc(Cl)cc1)OC(=O)Cl. The first-order valence-electron chi connectivity index (χ1n) is 5.79. The number of rotatable bonds is 3. The van der Waals surface area contributed by atoms with Gasteiger partial charge >= 0.3 is 5.43 Å². The summed E-state index contributed by atoms with van der Waals surface area (Å²) in [7, 11) is 0. The summed E-state index contributed by atoms with van der Waals surface area (Å²) in [5.74, 6) is 0. The molecule has 1 atom stereocenters. The van der Waals surface area contributed by atoms with E-state index < -0.39 is 11.0 Å². The zero-order valence-electron chi connectivity index (χ0n) is 10.5. The fraction of sp³-hybridized carbons (Fsp3) is 0.357. The molecule has 1 aromatic carbocycles. The Morgan fingerprint density at radius 3 is 2.21 bits per heavy atom. The van der Waals surface area contributed by atoms with Crippen molar-refractivity contribution in [1.29, 1.82) is 0 Å². The summed E-state index contributed by atoms with van der Waals surface area (Å²) in [5, 5.41) is 1.15. The van der Waals surface area contributed by atoms with Crippen molar-refractivity contribution >= 4 is 45.3 Å². The number of hydrogen-bond acceptors (Lipinski definition) is 2. The van der Waals surface area contributed by atoms with E-state index in [2.05, 4.69) is 0 Å². The average molecular weight is 320 g/mol. The average Bonchev–Trinajstić information content (AvgIpc) is 2.78. The van der Waals surface area contributed by atoms with Crippen molar-refractivity contribution in [2.24, 2.45) is 5.41 Å². The van der Waals surface area contributed by atoms with Gasteiger partial charge in [-0.15, -0.1) is 0 Å². The summed E-state index contributed by atoms with van der Waals surface area (Å²) in [6.07, 6.45) is 2.44. The normalized spacial score (nSPS) is 25.0. The second-order valence-corrected chi connectivity index (χ2v) is 6.44. The third kappa shape index (κ3) is 3.07. The monoisotopic (exact) mass is 318 g/mol. The van der Waals surface area contributed by atoms with Crippen molar-refractivity contribution < 1.29 is 9.53 Å². The van der Waals surface area contributed by atoms with Gasteiger partial charge in [0, 0.05) is 33.5 Å². The second kappa shape index (κ2) is 5.01. The smallest absolute Gasteiger partial charge is 0.404 e. The van der Waals surface area contributed by atoms with Gasteiger partial charge in [-0.3, -0.25) is 0 Å². The van der Waals surface area contributed by atoms with Gasteiger partial charge in [0.15, 0.2) is 0 Å². The Kier molecular flexibility index (Phi) is 3.87. The molecule has 0 spiro atoms. The van der Waals surface area contributed by atoms with Crippen LogP contribution in [0.4, 0.5) is 4.79 Å². The Balaban J connectivity index is 2.28. The minimum Gasteiger partial charge on any atom is -0.442 e. The predicted molar refractivity (Wildman–Crippen MR) is 78.7 cm³/mol. The molecule has 0 aromatic heterocycles. The number of carbonyl (C=O) groups excluding carboxylic acids is 1. The molecule has 1 saturated carbocycles. The first kappa shape index (κ1) is 14.7. The molecule has 1 aromatic rings. The van der Waals surface area contributed by atoms with Crippen molar-refractivity contribution in [2.45, 2.75) is 25.9 Å². The van der Waals surface area contributed by atoms with Crippen LogP contribution in [0.25, 0.3) is 5.03 Å². The molecule has 19 heavy (non-hydrogen) atoms. The van der Waals surface area contributed by atoms with Crippen LogP contribution in [0.5, 0.6) is 0 Å². The quantitative estimate of drug-likeness (QED) is 0.691. The third-order valence-corrected chi connectivity index (χ3v) is 4.12. The van der Waals surface area contributed by atoms with Crippen LogP contribution in [0, 0.1) is 5.41 Å². The van der Waals surface area contributed by atoms with E-state index in [1.165, 1.54) is 0 Å². The molecule has 0 amide bonds. The molecule has 5 heteroatoms. The first-order valence-corrected chi connectivity index (χ1v) is 6.92. The van der Waals surface area contributed by atoms with Crippen LogP contribution in [-0.4, -0.2) is 11.0 Å².